The van der Waals surface area contributed by atoms with Crippen LogP contribution in [0.4, 0.5) is 5.69 Å². The van der Waals surface area contributed by atoms with E-state index in [-0.39, 0.29) is 11.2 Å². The van der Waals surface area contributed by atoms with Crippen LogP contribution in [0.1, 0.15) is 26.3 Å². The molecule has 0 aliphatic rings. The maximum absolute atomic E-state index is 10.1. The third kappa shape index (κ3) is 7.29. The molecule has 1 aromatic carbocycles. The fraction of sp³-hybridized carbons (Fsp3) is 0.500. The van der Waals surface area contributed by atoms with Crippen molar-refractivity contribution in [3.63, 3.8) is 0 Å². The van der Waals surface area contributed by atoms with E-state index in [1.165, 1.54) is 0 Å². The molecule has 4 nitrogen and oxygen atoms in total. The van der Waals surface area contributed by atoms with Crippen molar-refractivity contribution in [2.45, 2.75) is 26.2 Å². The Balaban J connectivity index is 0.000000982. The van der Waals surface area contributed by atoms with Crippen molar-refractivity contribution < 1.29 is 26.0 Å². The van der Waals surface area contributed by atoms with Gasteiger partial charge in [0.1, 0.15) is 11.4 Å². The summed E-state index contributed by atoms with van der Waals surface area (Å²) in [6, 6.07) is 5.53. The Kier molecular flexibility index (Phi) is 8.88. The number of halogens is 2. The van der Waals surface area contributed by atoms with Gasteiger partial charge in [0.25, 0.3) is 0 Å². The fourth-order valence-electron chi connectivity index (χ4n) is 1.35. The number of phenolic OH excluding ortho intramolecular Hbond substituents is 1. The molecule has 0 saturated carbocycles. The van der Waals surface area contributed by atoms with Gasteiger partial charge in [-0.25, -0.2) is 0 Å². The van der Waals surface area contributed by atoms with E-state index in [1.807, 2.05) is 12.1 Å². The van der Waals surface area contributed by atoms with E-state index in [0.717, 1.165) is 5.56 Å². The van der Waals surface area contributed by atoms with E-state index in [0.29, 0.717) is 5.69 Å². The van der Waals surface area contributed by atoms with Gasteiger partial charge in [0.15, 0.2) is 0 Å². The Morgan fingerprint density at radius 2 is 1.74 bits per heavy atom. The van der Waals surface area contributed by atoms with Crippen LogP contribution in [0.3, 0.4) is 0 Å². The van der Waals surface area contributed by atoms with Gasteiger partial charge in [0.2, 0.25) is 0 Å². The number of aromatic hydroxyl groups is 1. The minimum absolute atomic E-state index is 0.103. The van der Waals surface area contributed by atoms with Crippen LogP contribution in [-0.4, -0.2) is 24.2 Å². The van der Waals surface area contributed by atoms with Gasteiger partial charge in [-0.3, -0.25) is 5.01 Å². The van der Waals surface area contributed by atoms with Crippen molar-refractivity contribution in [1.29, 1.82) is 0 Å². The summed E-state index contributed by atoms with van der Waals surface area (Å²) in [6.07, 6.45) is 0. The van der Waals surface area contributed by atoms with Crippen LogP contribution in [0.5, 0.6) is 5.75 Å². The van der Waals surface area contributed by atoms with Gasteiger partial charge in [-0.2, -0.15) is 0 Å². The number of benzene rings is 1. The summed E-state index contributed by atoms with van der Waals surface area (Å²) in [5.74, 6) is 0.209. The number of hydrogen-bond acceptors (Lipinski definition) is 3. The molecule has 0 unspecified atom stereocenters. The van der Waals surface area contributed by atoms with E-state index < -0.39 is 20.8 Å². The molecule has 19 heavy (non-hydrogen) atoms. The Morgan fingerprint density at radius 1 is 1.21 bits per heavy atom. The molecule has 0 heterocycles. The van der Waals surface area contributed by atoms with Crippen LogP contribution in [0.2, 0.25) is 0 Å². The van der Waals surface area contributed by atoms with Gasteiger partial charge in [-0.15, -0.1) is 5.11 Å². The summed E-state index contributed by atoms with van der Waals surface area (Å²) in [6.45, 7) is 6.15. The average molecular weight is 383 g/mol. The third-order valence-electron chi connectivity index (χ3n) is 2.15. The van der Waals surface area contributed by atoms with Gasteiger partial charge >= 0.3 is 37.9 Å². The SMILES string of the molecule is CN(C)N=Nc1cccc(C(C)(C)C)c1O.[Cl][Zr][Cl]. The van der Waals surface area contributed by atoms with E-state index in [4.69, 9.17) is 17.0 Å². The maximum atomic E-state index is 10.1. The predicted octanol–water partition coefficient (Wildman–Crippen LogP) is 4.63. The molecule has 0 amide bonds. The summed E-state index contributed by atoms with van der Waals surface area (Å²) in [5.41, 5.74) is 1.28. The number of rotatable bonds is 2. The standard InChI is InChI=1S/C12H19N3O.2ClH.Zr/c1-12(2,3)9-7-6-8-10(11(9)16)13-14-15(4)5;;;/h6-8,16H,1-5H3;2*1H;/q;;;+2/p-2. The zero-order valence-corrected chi connectivity index (χ0v) is 15.7. The first-order chi connectivity index (χ1) is 8.73. The number of para-hydroxylation sites is 1. The normalized spacial score (nSPS) is 10.9. The molecule has 1 N–H and O–H groups in total. The van der Waals surface area contributed by atoms with Crippen molar-refractivity contribution in [3.05, 3.63) is 23.8 Å². The molecule has 0 aliphatic carbocycles. The molecule has 0 radical (unpaired) electrons. The molecule has 0 aliphatic heterocycles. The topological polar surface area (TPSA) is 48.2 Å². The molecule has 0 spiro atoms. The van der Waals surface area contributed by atoms with E-state index >= 15 is 0 Å². The molecular weight excluding hydrogens is 364 g/mol. The molecule has 1 rings (SSSR count). The van der Waals surface area contributed by atoms with Crippen molar-refractivity contribution in [2.75, 3.05) is 14.1 Å². The molecule has 0 atom stereocenters. The van der Waals surface area contributed by atoms with Gasteiger partial charge in [0, 0.05) is 19.7 Å². The molecule has 0 bridgehead atoms. The molecule has 106 valence electrons. The van der Waals surface area contributed by atoms with Crippen LogP contribution in [-0.2, 0) is 26.3 Å². The zero-order chi connectivity index (χ0) is 15.1. The zero-order valence-electron chi connectivity index (χ0n) is 11.8. The van der Waals surface area contributed by atoms with E-state index in [2.05, 4.69) is 31.1 Å². The van der Waals surface area contributed by atoms with Gasteiger partial charge < -0.3 is 5.11 Å². The Bertz CT molecular complexity index is 420. The number of nitrogens with zero attached hydrogens (tertiary/aromatic N) is 3. The monoisotopic (exact) mass is 381 g/mol. The quantitative estimate of drug-likeness (QED) is 0.598. The second-order valence-corrected chi connectivity index (χ2v) is 8.76. The molecule has 1 aromatic rings. The molecule has 0 fully saturated rings. The summed E-state index contributed by atoms with van der Waals surface area (Å²) < 4.78 is 0. The van der Waals surface area contributed by atoms with Gasteiger partial charge in [-0.1, -0.05) is 38.1 Å². The first kappa shape index (κ1) is 18.9. The third-order valence-corrected chi connectivity index (χ3v) is 2.15. The summed E-state index contributed by atoms with van der Waals surface area (Å²) >= 11 is -0.826. The Hall–Kier alpha value is -0.117. The average Bonchev–Trinajstić information content (AvgIpc) is 2.27. The van der Waals surface area contributed by atoms with E-state index in [9.17, 15) is 5.11 Å². The molecular formula is C12H19Cl2N3OZr. The van der Waals surface area contributed by atoms with Crippen molar-refractivity contribution >= 4 is 22.7 Å². The fourth-order valence-corrected chi connectivity index (χ4v) is 1.35. The van der Waals surface area contributed by atoms with Crippen LogP contribution < -0.4 is 0 Å². The predicted molar refractivity (Wildman–Crippen MR) is 76.7 cm³/mol. The Labute approximate surface area is 133 Å². The van der Waals surface area contributed by atoms with Crippen molar-refractivity contribution in [3.8, 4) is 5.75 Å². The summed E-state index contributed by atoms with van der Waals surface area (Å²) in [4.78, 5) is 0. The number of phenols is 1. The minimum atomic E-state index is -0.826. The van der Waals surface area contributed by atoms with Crippen molar-refractivity contribution in [1.82, 2.24) is 5.01 Å². The number of hydrogen-bond donors (Lipinski definition) is 1. The van der Waals surface area contributed by atoms with Crippen LogP contribution in [0.15, 0.2) is 28.5 Å². The van der Waals surface area contributed by atoms with Crippen LogP contribution >= 0.6 is 17.0 Å². The molecule has 0 aromatic heterocycles. The molecule has 7 heteroatoms. The second-order valence-electron chi connectivity index (χ2n) is 5.03. The summed E-state index contributed by atoms with van der Waals surface area (Å²) in [7, 11) is 13.4. The van der Waals surface area contributed by atoms with Gasteiger partial charge in [0.05, 0.1) is 0 Å². The van der Waals surface area contributed by atoms with Crippen LogP contribution in [0.25, 0.3) is 0 Å². The van der Waals surface area contributed by atoms with Crippen molar-refractivity contribution in [2.24, 2.45) is 10.3 Å². The molecule has 0 saturated heterocycles. The van der Waals surface area contributed by atoms with E-state index in [1.54, 1.807) is 25.2 Å². The second kappa shape index (κ2) is 8.94. The van der Waals surface area contributed by atoms with Gasteiger partial charge in [-0.05, 0) is 11.5 Å². The Morgan fingerprint density at radius 3 is 2.16 bits per heavy atom. The van der Waals surface area contributed by atoms with Crippen LogP contribution in [0, 0.1) is 0 Å². The first-order valence-corrected chi connectivity index (χ1v) is 11.9. The summed E-state index contributed by atoms with van der Waals surface area (Å²) in [5, 5.41) is 19.5. The first-order valence-electron chi connectivity index (χ1n) is 5.61.